The average molecular weight is 362 g/mol. The molecule has 2 rings (SSSR count). The molecule has 0 saturated heterocycles. The molecule has 0 bridgehead atoms. The molecule has 138 valence electrons. The van der Waals surface area contributed by atoms with Crippen LogP contribution in [0.25, 0.3) is 0 Å². The number of benzene rings is 2. The second-order valence-electron chi connectivity index (χ2n) is 5.47. The number of carbonyl (C=O) groups is 2. The molecule has 7 heteroatoms. The van der Waals surface area contributed by atoms with Gasteiger partial charge in [-0.1, -0.05) is 0 Å². The summed E-state index contributed by atoms with van der Waals surface area (Å²) in [6.07, 6.45) is 0. The molecular formula is C19H20F2N2O3. The van der Waals surface area contributed by atoms with Crippen molar-refractivity contribution in [3.63, 3.8) is 0 Å². The topological polar surface area (TPSA) is 58.6 Å². The zero-order valence-electron chi connectivity index (χ0n) is 14.6. The monoisotopic (exact) mass is 362 g/mol. The smallest absolute Gasteiger partial charge is 0.338 e. The number of rotatable bonds is 7. The van der Waals surface area contributed by atoms with Gasteiger partial charge in [0, 0.05) is 24.8 Å². The number of halogens is 2. The van der Waals surface area contributed by atoms with Crippen LogP contribution in [-0.4, -0.2) is 31.6 Å². The fourth-order valence-corrected chi connectivity index (χ4v) is 2.39. The van der Waals surface area contributed by atoms with Gasteiger partial charge in [-0.25, -0.2) is 13.6 Å². The molecule has 0 radical (unpaired) electrons. The zero-order chi connectivity index (χ0) is 19.1. The number of ether oxygens (including phenoxy) is 1. The van der Waals surface area contributed by atoms with E-state index >= 15 is 0 Å². The van der Waals surface area contributed by atoms with Crippen molar-refractivity contribution in [2.45, 2.75) is 13.8 Å². The summed E-state index contributed by atoms with van der Waals surface area (Å²) < 4.78 is 31.2. The number of hydrogen-bond acceptors (Lipinski definition) is 4. The summed E-state index contributed by atoms with van der Waals surface area (Å²) in [5.41, 5.74) is 1.11. The Bertz CT molecular complexity index is 775. The maximum atomic E-state index is 13.5. The Kier molecular flexibility index (Phi) is 6.66. The zero-order valence-corrected chi connectivity index (χ0v) is 14.6. The summed E-state index contributed by atoms with van der Waals surface area (Å²) in [4.78, 5) is 25.9. The van der Waals surface area contributed by atoms with Crippen LogP contribution in [0.4, 0.5) is 20.2 Å². The molecule has 26 heavy (non-hydrogen) atoms. The molecule has 0 atom stereocenters. The van der Waals surface area contributed by atoms with Gasteiger partial charge in [-0.05, 0) is 50.2 Å². The van der Waals surface area contributed by atoms with Gasteiger partial charge in [0.2, 0.25) is 0 Å². The van der Waals surface area contributed by atoms with Crippen molar-refractivity contribution in [1.29, 1.82) is 0 Å². The van der Waals surface area contributed by atoms with Crippen LogP contribution in [0.1, 0.15) is 24.2 Å². The molecule has 0 fully saturated rings. The standard InChI is InChI=1S/C19H20F2N2O3/c1-3-23(4-2)15-8-5-13(6-9-15)19(25)26-12-18(24)22-17-10-7-14(20)11-16(17)21/h5-11H,3-4,12H2,1-2H3,(H,22,24). The summed E-state index contributed by atoms with van der Waals surface area (Å²) in [6, 6.07) is 9.60. The number of hydrogen-bond donors (Lipinski definition) is 1. The molecule has 0 unspecified atom stereocenters. The minimum Gasteiger partial charge on any atom is -0.452 e. The quantitative estimate of drug-likeness (QED) is 0.765. The highest BCUT2D eigenvalue weighted by Crippen LogP contribution is 2.16. The van der Waals surface area contributed by atoms with E-state index in [0.29, 0.717) is 11.6 Å². The van der Waals surface area contributed by atoms with E-state index in [0.717, 1.165) is 30.9 Å². The Hall–Kier alpha value is -2.96. The largest absolute Gasteiger partial charge is 0.452 e. The van der Waals surface area contributed by atoms with Gasteiger partial charge in [0.25, 0.3) is 5.91 Å². The first-order valence-corrected chi connectivity index (χ1v) is 8.21. The highest BCUT2D eigenvalue weighted by Gasteiger charge is 2.13. The van der Waals surface area contributed by atoms with Gasteiger partial charge in [0.05, 0.1) is 11.3 Å². The second kappa shape index (κ2) is 8.94. The van der Waals surface area contributed by atoms with Crippen LogP contribution in [0, 0.1) is 11.6 Å². The summed E-state index contributed by atoms with van der Waals surface area (Å²) in [6.45, 7) is 5.19. The van der Waals surface area contributed by atoms with Crippen LogP contribution in [0.5, 0.6) is 0 Å². The normalized spacial score (nSPS) is 10.3. The predicted octanol–water partition coefficient (Wildman–Crippen LogP) is 3.61. The van der Waals surface area contributed by atoms with Gasteiger partial charge < -0.3 is 15.0 Å². The number of nitrogens with one attached hydrogen (secondary N) is 1. The van der Waals surface area contributed by atoms with Crippen molar-refractivity contribution in [2.75, 3.05) is 29.9 Å². The maximum Gasteiger partial charge on any atom is 0.338 e. The Morgan fingerprint density at radius 3 is 2.27 bits per heavy atom. The number of carbonyl (C=O) groups excluding carboxylic acids is 2. The van der Waals surface area contributed by atoms with Crippen LogP contribution < -0.4 is 10.2 Å². The third kappa shape index (κ3) is 5.02. The lowest BCUT2D eigenvalue weighted by Gasteiger charge is -2.20. The average Bonchev–Trinajstić information content (AvgIpc) is 2.63. The molecule has 2 aromatic rings. The van der Waals surface area contributed by atoms with Crippen molar-refractivity contribution in [3.05, 3.63) is 59.7 Å². The van der Waals surface area contributed by atoms with Crippen molar-refractivity contribution < 1.29 is 23.1 Å². The summed E-state index contributed by atoms with van der Waals surface area (Å²) >= 11 is 0. The van der Waals surface area contributed by atoms with Gasteiger partial charge in [-0.15, -0.1) is 0 Å². The molecule has 0 aliphatic rings. The lowest BCUT2D eigenvalue weighted by atomic mass is 10.2. The van der Waals surface area contributed by atoms with E-state index in [1.165, 1.54) is 0 Å². The van der Waals surface area contributed by atoms with Crippen LogP contribution in [-0.2, 0) is 9.53 Å². The van der Waals surface area contributed by atoms with Crippen LogP contribution in [0.2, 0.25) is 0 Å². The number of amides is 1. The third-order valence-electron chi connectivity index (χ3n) is 3.77. The summed E-state index contributed by atoms with van der Waals surface area (Å²) in [5.74, 6) is -3.04. The summed E-state index contributed by atoms with van der Waals surface area (Å²) in [7, 11) is 0. The maximum absolute atomic E-state index is 13.5. The van der Waals surface area contributed by atoms with E-state index in [-0.39, 0.29) is 5.69 Å². The van der Waals surface area contributed by atoms with Crippen molar-refractivity contribution in [3.8, 4) is 0 Å². The first-order valence-electron chi connectivity index (χ1n) is 8.21. The molecule has 1 N–H and O–H groups in total. The molecule has 5 nitrogen and oxygen atoms in total. The molecule has 0 heterocycles. The van der Waals surface area contributed by atoms with Crippen molar-refractivity contribution >= 4 is 23.3 Å². The lowest BCUT2D eigenvalue weighted by Crippen LogP contribution is -2.22. The molecule has 2 aromatic carbocycles. The molecule has 0 aliphatic heterocycles. The van der Waals surface area contributed by atoms with Gasteiger partial charge >= 0.3 is 5.97 Å². The van der Waals surface area contributed by atoms with E-state index in [1.54, 1.807) is 24.3 Å². The first kappa shape index (κ1) is 19.4. The third-order valence-corrected chi connectivity index (χ3v) is 3.77. The van der Waals surface area contributed by atoms with Crippen molar-refractivity contribution in [1.82, 2.24) is 0 Å². The second-order valence-corrected chi connectivity index (χ2v) is 5.47. The highest BCUT2D eigenvalue weighted by atomic mass is 19.1. The molecule has 0 aliphatic carbocycles. The highest BCUT2D eigenvalue weighted by molar-refractivity contribution is 5.95. The first-order chi connectivity index (χ1) is 12.4. The van der Waals surface area contributed by atoms with E-state index in [4.69, 9.17) is 4.74 Å². The van der Waals surface area contributed by atoms with Crippen molar-refractivity contribution in [2.24, 2.45) is 0 Å². The minimum absolute atomic E-state index is 0.184. The van der Waals surface area contributed by atoms with Crippen LogP contribution in [0.15, 0.2) is 42.5 Å². The SMILES string of the molecule is CCN(CC)c1ccc(C(=O)OCC(=O)Nc2ccc(F)cc2F)cc1. The molecule has 0 spiro atoms. The molecular weight excluding hydrogens is 342 g/mol. The minimum atomic E-state index is -0.906. The fraction of sp³-hybridized carbons (Fsp3) is 0.263. The van der Waals surface area contributed by atoms with Gasteiger partial charge in [-0.2, -0.15) is 0 Å². The number of esters is 1. The van der Waals surface area contributed by atoms with E-state index in [9.17, 15) is 18.4 Å². The van der Waals surface area contributed by atoms with Gasteiger partial charge in [0.15, 0.2) is 6.61 Å². The fourth-order valence-electron chi connectivity index (χ4n) is 2.39. The van der Waals surface area contributed by atoms with Gasteiger partial charge in [-0.3, -0.25) is 4.79 Å². The number of anilines is 2. The number of nitrogens with zero attached hydrogens (tertiary/aromatic N) is 1. The Balaban J connectivity index is 1.90. The molecule has 0 aromatic heterocycles. The Morgan fingerprint density at radius 2 is 1.69 bits per heavy atom. The van der Waals surface area contributed by atoms with E-state index in [1.807, 2.05) is 13.8 Å². The van der Waals surface area contributed by atoms with E-state index in [2.05, 4.69) is 10.2 Å². The van der Waals surface area contributed by atoms with Gasteiger partial charge in [0.1, 0.15) is 11.6 Å². The summed E-state index contributed by atoms with van der Waals surface area (Å²) in [5, 5.41) is 2.22. The Labute approximate surface area is 150 Å². The van der Waals surface area contributed by atoms with Crippen LogP contribution in [0.3, 0.4) is 0 Å². The van der Waals surface area contributed by atoms with Crippen LogP contribution >= 0.6 is 0 Å². The van der Waals surface area contributed by atoms with E-state index < -0.39 is 30.1 Å². The lowest BCUT2D eigenvalue weighted by molar-refractivity contribution is -0.119. The Morgan fingerprint density at radius 1 is 1.04 bits per heavy atom. The molecule has 0 saturated carbocycles. The molecule has 1 amide bonds. The predicted molar refractivity (Wildman–Crippen MR) is 95.3 cm³/mol.